The van der Waals surface area contributed by atoms with Crippen LogP contribution in [-0.4, -0.2) is 37.9 Å². The normalized spacial score (nSPS) is 11.7. The molecule has 7 nitrogen and oxygen atoms in total. The number of hydrogen-bond acceptors (Lipinski definition) is 4. The number of halogens is 2. The topological polar surface area (TPSA) is 83.8 Å². The molecule has 1 aromatic heterocycles. The highest BCUT2D eigenvalue weighted by Crippen LogP contribution is 2.31. The summed E-state index contributed by atoms with van der Waals surface area (Å²) in [6, 6.07) is 12.5. The first kappa shape index (κ1) is 25.8. The number of nitrogens with zero attached hydrogens (tertiary/aromatic N) is 3. The highest BCUT2D eigenvalue weighted by molar-refractivity contribution is 7.92. The minimum absolute atomic E-state index is 0.393. The summed E-state index contributed by atoms with van der Waals surface area (Å²) >= 11 is 12.5. The minimum atomic E-state index is -3.67. The molecular weight excluding hydrogens is 495 g/mol. The lowest BCUT2D eigenvalue weighted by atomic mass is 10.1. The fraction of sp³-hybridized carbons (Fsp3) is 0.250. The zero-order valence-electron chi connectivity index (χ0n) is 19.6. The Balaban J connectivity index is 1.78. The Morgan fingerprint density at radius 1 is 1.09 bits per heavy atom. The second kappa shape index (κ2) is 10.2. The van der Waals surface area contributed by atoms with Gasteiger partial charge in [0.15, 0.2) is 0 Å². The van der Waals surface area contributed by atoms with Crippen LogP contribution >= 0.6 is 23.2 Å². The molecule has 0 aliphatic carbocycles. The van der Waals surface area contributed by atoms with E-state index in [1.54, 1.807) is 18.2 Å². The number of aryl methyl sites for hydroxylation is 3. The molecule has 0 saturated heterocycles. The summed E-state index contributed by atoms with van der Waals surface area (Å²) in [4.78, 5) is 12.5. The van der Waals surface area contributed by atoms with Gasteiger partial charge in [0.2, 0.25) is 10.0 Å². The molecule has 0 bridgehead atoms. The Hall–Kier alpha value is -2.81. The lowest BCUT2D eigenvalue weighted by Crippen LogP contribution is -2.39. The zero-order chi connectivity index (χ0) is 25.2. The molecule has 3 rings (SSSR count). The van der Waals surface area contributed by atoms with Crippen LogP contribution in [0.5, 0.6) is 0 Å². The van der Waals surface area contributed by atoms with Gasteiger partial charge >= 0.3 is 0 Å². The monoisotopic (exact) mass is 520 g/mol. The van der Waals surface area contributed by atoms with Crippen LogP contribution in [0.25, 0.3) is 5.69 Å². The molecule has 0 radical (unpaired) electrons. The van der Waals surface area contributed by atoms with Crippen molar-refractivity contribution in [3.05, 3.63) is 80.6 Å². The van der Waals surface area contributed by atoms with Crippen molar-refractivity contribution >= 4 is 51.0 Å². The Kier molecular flexibility index (Phi) is 7.75. The summed E-state index contributed by atoms with van der Waals surface area (Å²) in [7, 11) is -3.67. The van der Waals surface area contributed by atoms with E-state index >= 15 is 0 Å². The number of carbonyl (C=O) groups is 1. The molecule has 0 unspecified atom stereocenters. The number of benzene rings is 2. The first-order chi connectivity index (χ1) is 15.9. The van der Waals surface area contributed by atoms with E-state index in [-0.39, 0.29) is 0 Å². The van der Waals surface area contributed by atoms with E-state index in [1.807, 2.05) is 56.5 Å². The molecular formula is C24H26Cl2N4O3S. The SMILES string of the molecule is Cc1ccc(N(CC(=O)N/N=C/c2cc(C)n(-c3cccc(Cl)c3Cl)c2C)S(C)(=O)=O)cc1C. The summed E-state index contributed by atoms with van der Waals surface area (Å²) in [5.74, 6) is -0.563. The third kappa shape index (κ3) is 5.63. The summed E-state index contributed by atoms with van der Waals surface area (Å²) < 4.78 is 27.6. The Morgan fingerprint density at radius 2 is 1.79 bits per heavy atom. The lowest BCUT2D eigenvalue weighted by molar-refractivity contribution is -0.119. The van der Waals surface area contributed by atoms with Gasteiger partial charge in [-0.3, -0.25) is 9.10 Å². The predicted octanol–water partition coefficient (Wildman–Crippen LogP) is 4.93. The van der Waals surface area contributed by atoms with Crippen molar-refractivity contribution in [1.29, 1.82) is 0 Å². The number of aromatic nitrogens is 1. The van der Waals surface area contributed by atoms with Gasteiger partial charge in [0, 0.05) is 17.0 Å². The lowest BCUT2D eigenvalue weighted by Gasteiger charge is -2.22. The molecule has 1 N–H and O–H groups in total. The highest BCUT2D eigenvalue weighted by Gasteiger charge is 2.21. The highest BCUT2D eigenvalue weighted by atomic mass is 35.5. The molecule has 3 aromatic rings. The Bertz CT molecular complexity index is 1380. The van der Waals surface area contributed by atoms with E-state index in [4.69, 9.17) is 23.2 Å². The molecule has 1 amide bonds. The molecule has 0 saturated carbocycles. The second-order valence-corrected chi connectivity index (χ2v) is 10.8. The quantitative estimate of drug-likeness (QED) is 0.353. The molecule has 0 fully saturated rings. The van der Waals surface area contributed by atoms with E-state index in [1.165, 1.54) is 6.21 Å². The fourth-order valence-corrected chi connectivity index (χ4v) is 4.80. The van der Waals surface area contributed by atoms with Crippen LogP contribution < -0.4 is 9.73 Å². The molecule has 34 heavy (non-hydrogen) atoms. The first-order valence-electron chi connectivity index (χ1n) is 10.4. The standard InChI is InChI=1S/C24H26Cl2N4O3S/c1-15-9-10-20(11-16(15)2)29(34(5,32)33)14-23(31)28-27-13-19-12-17(3)30(18(19)4)22-8-6-7-21(25)24(22)26/h6-13H,14H2,1-5H3,(H,28,31)/b27-13+. The van der Waals surface area contributed by atoms with E-state index in [0.717, 1.165) is 44.3 Å². The summed E-state index contributed by atoms with van der Waals surface area (Å²) in [5, 5.41) is 4.92. The Labute approximate surface area is 210 Å². The predicted molar refractivity (Wildman–Crippen MR) is 139 cm³/mol. The maximum Gasteiger partial charge on any atom is 0.260 e. The molecule has 10 heteroatoms. The molecule has 0 atom stereocenters. The zero-order valence-corrected chi connectivity index (χ0v) is 21.9. The summed E-state index contributed by atoms with van der Waals surface area (Å²) in [6.45, 7) is 7.25. The molecule has 0 aliphatic heterocycles. The van der Waals surface area contributed by atoms with Crippen molar-refractivity contribution in [2.24, 2.45) is 5.10 Å². The van der Waals surface area contributed by atoms with Gasteiger partial charge in [0.25, 0.3) is 5.91 Å². The van der Waals surface area contributed by atoms with E-state index in [0.29, 0.717) is 15.7 Å². The number of carbonyl (C=O) groups excluding carboxylic acids is 1. The number of hydrogen-bond donors (Lipinski definition) is 1. The van der Waals surface area contributed by atoms with Crippen LogP contribution in [0.4, 0.5) is 5.69 Å². The van der Waals surface area contributed by atoms with Crippen molar-refractivity contribution in [3.63, 3.8) is 0 Å². The van der Waals surface area contributed by atoms with Gasteiger partial charge in [0.05, 0.1) is 33.9 Å². The number of rotatable bonds is 7. The number of sulfonamides is 1. The van der Waals surface area contributed by atoms with Crippen LogP contribution in [-0.2, 0) is 14.8 Å². The van der Waals surface area contributed by atoms with E-state index in [2.05, 4.69) is 10.5 Å². The van der Waals surface area contributed by atoms with Crippen molar-refractivity contribution in [2.45, 2.75) is 27.7 Å². The smallest absolute Gasteiger partial charge is 0.260 e. The van der Waals surface area contributed by atoms with Crippen molar-refractivity contribution in [1.82, 2.24) is 9.99 Å². The third-order valence-electron chi connectivity index (χ3n) is 5.50. The minimum Gasteiger partial charge on any atom is -0.316 e. The van der Waals surface area contributed by atoms with Gasteiger partial charge in [-0.15, -0.1) is 0 Å². The molecule has 1 heterocycles. The number of anilines is 1. The van der Waals surface area contributed by atoms with Gasteiger partial charge in [0.1, 0.15) is 6.54 Å². The van der Waals surface area contributed by atoms with Crippen LogP contribution in [0, 0.1) is 27.7 Å². The van der Waals surface area contributed by atoms with E-state index < -0.39 is 22.5 Å². The van der Waals surface area contributed by atoms with Crippen LogP contribution in [0.15, 0.2) is 47.6 Å². The average molecular weight is 521 g/mol. The van der Waals surface area contributed by atoms with Gasteiger partial charge < -0.3 is 4.57 Å². The summed E-state index contributed by atoms with van der Waals surface area (Å²) in [5.41, 5.74) is 8.07. The van der Waals surface area contributed by atoms with Crippen LogP contribution in [0.3, 0.4) is 0 Å². The second-order valence-electron chi connectivity index (χ2n) is 8.07. The first-order valence-corrected chi connectivity index (χ1v) is 13.0. The van der Waals surface area contributed by atoms with Crippen molar-refractivity contribution < 1.29 is 13.2 Å². The van der Waals surface area contributed by atoms with Gasteiger partial charge in [-0.2, -0.15) is 5.10 Å². The third-order valence-corrected chi connectivity index (χ3v) is 7.45. The molecule has 0 aliphatic rings. The Morgan fingerprint density at radius 3 is 2.44 bits per heavy atom. The number of nitrogens with one attached hydrogen (secondary N) is 1. The molecule has 0 spiro atoms. The summed E-state index contributed by atoms with van der Waals surface area (Å²) in [6.07, 6.45) is 2.57. The molecule has 180 valence electrons. The van der Waals surface area contributed by atoms with Gasteiger partial charge in [-0.25, -0.2) is 13.8 Å². The van der Waals surface area contributed by atoms with Crippen LogP contribution in [0.1, 0.15) is 28.1 Å². The fourth-order valence-electron chi connectivity index (χ4n) is 3.57. The van der Waals surface area contributed by atoms with Gasteiger partial charge in [-0.1, -0.05) is 35.3 Å². The van der Waals surface area contributed by atoms with Gasteiger partial charge in [-0.05, 0) is 69.2 Å². The molecule has 2 aromatic carbocycles. The maximum atomic E-state index is 12.5. The maximum absolute atomic E-state index is 12.5. The van der Waals surface area contributed by atoms with Crippen molar-refractivity contribution in [2.75, 3.05) is 17.1 Å². The largest absolute Gasteiger partial charge is 0.316 e. The number of hydrazone groups is 1. The average Bonchev–Trinajstić information content (AvgIpc) is 3.03. The van der Waals surface area contributed by atoms with Crippen LogP contribution in [0.2, 0.25) is 10.0 Å². The van der Waals surface area contributed by atoms with E-state index in [9.17, 15) is 13.2 Å². The van der Waals surface area contributed by atoms with Crippen molar-refractivity contribution in [3.8, 4) is 5.69 Å². The number of amides is 1.